The van der Waals surface area contributed by atoms with Gasteiger partial charge in [0.2, 0.25) is 0 Å². The zero-order chi connectivity index (χ0) is 13.0. The van der Waals surface area contributed by atoms with Gasteiger partial charge in [0.25, 0.3) is 0 Å². The SMILES string of the molecule is CC1=CC(=O)C2=C(C)CC[C@@H]3C(OC(=O)[C@H]3C)[C@@H]12. The van der Waals surface area contributed by atoms with Crippen molar-refractivity contribution < 1.29 is 14.3 Å². The van der Waals surface area contributed by atoms with Crippen LogP contribution in [0.4, 0.5) is 0 Å². The maximum atomic E-state index is 12.1. The highest BCUT2D eigenvalue weighted by Crippen LogP contribution is 2.47. The van der Waals surface area contributed by atoms with E-state index in [2.05, 4.69) is 0 Å². The van der Waals surface area contributed by atoms with Gasteiger partial charge in [-0.15, -0.1) is 0 Å². The number of rotatable bonds is 0. The van der Waals surface area contributed by atoms with Gasteiger partial charge in [-0.3, -0.25) is 9.59 Å². The molecule has 0 aromatic heterocycles. The molecule has 1 heterocycles. The zero-order valence-electron chi connectivity index (χ0n) is 11.0. The van der Waals surface area contributed by atoms with Crippen LogP contribution in [0.15, 0.2) is 22.8 Å². The third kappa shape index (κ3) is 1.43. The van der Waals surface area contributed by atoms with Crippen LogP contribution >= 0.6 is 0 Å². The van der Waals surface area contributed by atoms with E-state index in [0.717, 1.165) is 24.0 Å². The molecule has 18 heavy (non-hydrogen) atoms. The highest BCUT2D eigenvalue weighted by Gasteiger charge is 2.50. The van der Waals surface area contributed by atoms with Crippen LogP contribution in [0.1, 0.15) is 33.6 Å². The third-order valence-electron chi connectivity index (χ3n) is 4.76. The summed E-state index contributed by atoms with van der Waals surface area (Å²) in [6.45, 7) is 5.96. The van der Waals surface area contributed by atoms with E-state index in [1.165, 1.54) is 5.57 Å². The quantitative estimate of drug-likeness (QED) is 0.616. The van der Waals surface area contributed by atoms with Gasteiger partial charge in [0.1, 0.15) is 6.10 Å². The van der Waals surface area contributed by atoms with Gasteiger partial charge in [-0.25, -0.2) is 0 Å². The summed E-state index contributed by atoms with van der Waals surface area (Å²) >= 11 is 0. The average molecular weight is 246 g/mol. The van der Waals surface area contributed by atoms with E-state index < -0.39 is 0 Å². The molecule has 0 saturated carbocycles. The number of ketones is 1. The van der Waals surface area contributed by atoms with Crippen LogP contribution in [-0.2, 0) is 14.3 Å². The van der Waals surface area contributed by atoms with Crippen molar-refractivity contribution in [1.29, 1.82) is 0 Å². The summed E-state index contributed by atoms with van der Waals surface area (Å²) in [5, 5.41) is 0. The topological polar surface area (TPSA) is 43.4 Å². The molecule has 0 spiro atoms. The maximum Gasteiger partial charge on any atom is 0.309 e. The van der Waals surface area contributed by atoms with Gasteiger partial charge in [0.05, 0.1) is 5.92 Å². The highest BCUT2D eigenvalue weighted by molar-refractivity contribution is 6.09. The largest absolute Gasteiger partial charge is 0.461 e. The number of fused-ring (bicyclic) bond motifs is 3. The molecule has 1 fully saturated rings. The lowest BCUT2D eigenvalue weighted by molar-refractivity contribution is -0.144. The van der Waals surface area contributed by atoms with Gasteiger partial charge in [-0.1, -0.05) is 18.1 Å². The van der Waals surface area contributed by atoms with Gasteiger partial charge in [0.15, 0.2) is 5.78 Å². The zero-order valence-corrected chi connectivity index (χ0v) is 11.0. The van der Waals surface area contributed by atoms with E-state index in [4.69, 9.17) is 4.74 Å². The molecule has 1 saturated heterocycles. The maximum absolute atomic E-state index is 12.1. The molecule has 1 unspecified atom stereocenters. The summed E-state index contributed by atoms with van der Waals surface area (Å²) in [7, 11) is 0. The number of carbonyl (C=O) groups is 2. The molecule has 3 aliphatic rings. The first-order chi connectivity index (χ1) is 8.50. The Balaban J connectivity index is 2.07. The van der Waals surface area contributed by atoms with Crippen molar-refractivity contribution >= 4 is 11.8 Å². The molecule has 3 rings (SSSR count). The van der Waals surface area contributed by atoms with E-state index in [0.29, 0.717) is 0 Å². The van der Waals surface area contributed by atoms with Crippen molar-refractivity contribution in [3.63, 3.8) is 0 Å². The Kier molecular flexibility index (Phi) is 2.47. The highest BCUT2D eigenvalue weighted by atomic mass is 16.6. The summed E-state index contributed by atoms with van der Waals surface area (Å²) in [6, 6.07) is 0. The van der Waals surface area contributed by atoms with Gasteiger partial charge >= 0.3 is 5.97 Å². The fraction of sp³-hybridized carbons (Fsp3) is 0.600. The molecule has 0 N–H and O–H groups in total. The molecule has 4 atom stereocenters. The summed E-state index contributed by atoms with van der Waals surface area (Å²) in [5.41, 5.74) is 3.12. The molecule has 0 amide bonds. The molecule has 0 bridgehead atoms. The van der Waals surface area contributed by atoms with Crippen LogP contribution in [0.2, 0.25) is 0 Å². The second kappa shape index (κ2) is 3.81. The van der Waals surface area contributed by atoms with E-state index in [-0.39, 0.29) is 35.6 Å². The predicted molar refractivity (Wildman–Crippen MR) is 66.7 cm³/mol. The standard InChI is InChI=1S/C15H18O3/c1-7-4-5-10-9(3)15(17)18-14(10)13-8(2)6-11(16)12(7)13/h6,9-10,13-14H,4-5H2,1-3H3/t9-,10-,13-,14?/m0/s1. The number of ether oxygens (including phenoxy) is 1. The Morgan fingerprint density at radius 2 is 2.00 bits per heavy atom. The Morgan fingerprint density at radius 3 is 2.72 bits per heavy atom. The van der Waals surface area contributed by atoms with Gasteiger partial charge in [0, 0.05) is 17.4 Å². The van der Waals surface area contributed by atoms with Crippen LogP contribution in [-0.4, -0.2) is 17.9 Å². The van der Waals surface area contributed by atoms with Crippen LogP contribution in [0.25, 0.3) is 0 Å². The smallest absolute Gasteiger partial charge is 0.309 e. The Labute approximate surface area is 107 Å². The van der Waals surface area contributed by atoms with Gasteiger partial charge < -0.3 is 4.74 Å². The molecule has 1 aliphatic heterocycles. The van der Waals surface area contributed by atoms with Crippen molar-refractivity contribution in [2.24, 2.45) is 17.8 Å². The molecule has 0 aromatic carbocycles. The van der Waals surface area contributed by atoms with E-state index >= 15 is 0 Å². The van der Waals surface area contributed by atoms with Crippen molar-refractivity contribution in [3.8, 4) is 0 Å². The molecule has 2 aliphatic carbocycles. The van der Waals surface area contributed by atoms with E-state index in [1.54, 1.807) is 6.08 Å². The lowest BCUT2D eigenvalue weighted by Crippen LogP contribution is -2.28. The molecule has 0 aromatic rings. The monoisotopic (exact) mass is 246 g/mol. The average Bonchev–Trinajstić information content (AvgIpc) is 2.68. The predicted octanol–water partition coefficient (Wildman–Crippen LogP) is 2.42. The van der Waals surface area contributed by atoms with Crippen LogP contribution in [0.5, 0.6) is 0 Å². The Morgan fingerprint density at radius 1 is 1.28 bits per heavy atom. The fourth-order valence-electron chi connectivity index (χ4n) is 3.69. The van der Waals surface area contributed by atoms with E-state index in [9.17, 15) is 9.59 Å². The summed E-state index contributed by atoms with van der Waals surface area (Å²) < 4.78 is 5.57. The number of carbonyl (C=O) groups excluding carboxylic acids is 2. The number of esters is 1. The lowest BCUT2D eigenvalue weighted by atomic mass is 9.81. The minimum Gasteiger partial charge on any atom is -0.461 e. The first kappa shape index (κ1) is 11.7. The van der Waals surface area contributed by atoms with Crippen molar-refractivity contribution in [3.05, 3.63) is 22.8 Å². The number of hydrogen-bond donors (Lipinski definition) is 0. The first-order valence-corrected chi connectivity index (χ1v) is 6.63. The molecule has 0 radical (unpaired) electrons. The lowest BCUT2D eigenvalue weighted by Gasteiger charge is -2.24. The van der Waals surface area contributed by atoms with Crippen LogP contribution < -0.4 is 0 Å². The molecular weight excluding hydrogens is 228 g/mol. The normalized spacial score (nSPS) is 39.2. The second-order valence-electron chi connectivity index (χ2n) is 5.82. The first-order valence-electron chi connectivity index (χ1n) is 6.63. The molecule has 3 heteroatoms. The minimum atomic E-state index is -0.123. The van der Waals surface area contributed by atoms with Crippen molar-refractivity contribution in [2.45, 2.75) is 39.7 Å². The van der Waals surface area contributed by atoms with Crippen molar-refractivity contribution in [2.75, 3.05) is 0 Å². The molecule has 3 nitrogen and oxygen atoms in total. The van der Waals surface area contributed by atoms with Gasteiger partial charge in [-0.2, -0.15) is 0 Å². The third-order valence-corrected chi connectivity index (χ3v) is 4.76. The Bertz CT molecular complexity index is 498. The Hall–Kier alpha value is -1.38. The summed E-state index contributed by atoms with van der Waals surface area (Å²) in [6.07, 6.45) is 3.44. The molecule has 96 valence electrons. The van der Waals surface area contributed by atoms with Crippen LogP contribution in [0, 0.1) is 17.8 Å². The van der Waals surface area contributed by atoms with E-state index in [1.807, 2.05) is 20.8 Å². The number of allylic oxidation sites excluding steroid dienone is 2. The number of hydrogen-bond acceptors (Lipinski definition) is 3. The molecular formula is C15H18O3. The fourth-order valence-corrected chi connectivity index (χ4v) is 3.69. The van der Waals surface area contributed by atoms with Crippen molar-refractivity contribution in [1.82, 2.24) is 0 Å². The minimum absolute atomic E-state index is 0.0129. The van der Waals surface area contributed by atoms with Gasteiger partial charge in [-0.05, 0) is 32.8 Å². The summed E-state index contributed by atoms with van der Waals surface area (Å²) in [4.78, 5) is 23.8. The second-order valence-corrected chi connectivity index (χ2v) is 5.82. The van der Waals surface area contributed by atoms with Crippen LogP contribution in [0.3, 0.4) is 0 Å². The summed E-state index contributed by atoms with van der Waals surface area (Å²) in [5.74, 6) is 0.246.